The molecule has 1 N–H and O–H groups in total. The molecule has 1 aromatic carbocycles. The molecule has 0 radical (unpaired) electrons. The number of hydrogen-bond acceptors (Lipinski definition) is 2. The second-order valence-electron chi connectivity index (χ2n) is 6.47. The summed E-state index contributed by atoms with van der Waals surface area (Å²) in [6.07, 6.45) is 2.73. The van der Waals surface area contributed by atoms with Crippen LogP contribution in [0.25, 0.3) is 0 Å². The van der Waals surface area contributed by atoms with Crippen molar-refractivity contribution in [1.82, 2.24) is 14.9 Å². The number of benzene rings is 1. The fourth-order valence-corrected chi connectivity index (χ4v) is 3.50. The molecule has 0 saturated carbocycles. The van der Waals surface area contributed by atoms with E-state index < -0.39 is 11.7 Å². The largest absolute Gasteiger partial charge is 0.416 e. The monoisotopic (exact) mass is 337 g/mol. The predicted molar refractivity (Wildman–Crippen MR) is 86.4 cm³/mol. The van der Waals surface area contributed by atoms with E-state index in [1.54, 1.807) is 18.3 Å². The molecule has 0 aliphatic carbocycles. The van der Waals surface area contributed by atoms with Crippen molar-refractivity contribution in [3.63, 3.8) is 0 Å². The van der Waals surface area contributed by atoms with Crippen molar-refractivity contribution in [1.29, 1.82) is 0 Å². The van der Waals surface area contributed by atoms with Crippen molar-refractivity contribution in [2.75, 3.05) is 13.1 Å². The average molecular weight is 337 g/mol. The Labute approximate surface area is 139 Å². The molecule has 1 saturated heterocycles. The van der Waals surface area contributed by atoms with Crippen LogP contribution >= 0.6 is 0 Å². The fourth-order valence-electron chi connectivity index (χ4n) is 3.50. The number of piperidine rings is 1. The van der Waals surface area contributed by atoms with Crippen molar-refractivity contribution in [2.24, 2.45) is 5.92 Å². The Morgan fingerprint density at radius 2 is 2.08 bits per heavy atom. The normalized spacial score (nSPS) is 19.5. The Bertz CT molecular complexity index is 637. The summed E-state index contributed by atoms with van der Waals surface area (Å²) in [6.45, 7) is 2.73. The molecular formula is C18H22F3N3. The molecule has 6 heteroatoms. The van der Waals surface area contributed by atoms with E-state index in [-0.39, 0.29) is 0 Å². The van der Waals surface area contributed by atoms with Crippen molar-refractivity contribution < 1.29 is 13.2 Å². The summed E-state index contributed by atoms with van der Waals surface area (Å²) < 4.78 is 39.2. The average Bonchev–Trinajstić information content (AvgIpc) is 3.06. The highest BCUT2D eigenvalue weighted by Gasteiger charge is 2.33. The summed E-state index contributed by atoms with van der Waals surface area (Å²) in [5, 5.41) is 0. The molecule has 1 aromatic heterocycles. The number of aromatic amines is 1. The summed E-state index contributed by atoms with van der Waals surface area (Å²) in [5.41, 5.74) is -0.0820. The second-order valence-corrected chi connectivity index (χ2v) is 6.47. The smallest absolute Gasteiger partial charge is 0.348 e. The third kappa shape index (κ3) is 4.38. The zero-order valence-electron chi connectivity index (χ0n) is 13.5. The van der Waals surface area contributed by atoms with Crippen LogP contribution in [0.4, 0.5) is 13.2 Å². The number of aryl methyl sites for hydroxylation is 1. The summed E-state index contributed by atoms with van der Waals surface area (Å²) in [4.78, 5) is 9.68. The van der Waals surface area contributed by atoms with Crippen LogP contribution < -0.4 is 0 Å². The molecule has 3 nitrogen and oxygen atoms in total. The molecule has 24 heavy (non-hydrogen) atoms. The van der Waals surface area contributed by atoms with E-state index in [2.05, 4.69) is 14.9 Å². The molecule has 3 rings (SSSR count). The van der Waals surface area contributed by atoms with Crippen LogP contribution in [0.1, 0.15) is 36.2 Å². The van der Waals surface area contributed by atoms with Crippen LogP contribution in [0, 0.1) is 5.92 Å². The molecule has 1 aliphatic heterocycles. The predicted octanol–water partition coefficient (Wildman–Crippen LogP) is 4.27. The van der Waals surface area contributed by atoms with Gasteiger partial charge in [0.2, 0.25) is 0 Å². The highest BCUT2D eigenvalue weighted by Crippen LogP contribution is 2.33. The lowest BCUT2D eigenvalue weighted by Crippen LogP contribution is -2.35. The standard InChI is InChI=1S/C18H22F3N3/c19-18(20,21)16-6-2-1-5-15(16)8-7-14-4-3-11-24(12-14)13-17-22-9-10-23-17/h1-2,5-6,9-10,14H,3-4,7-8,11-13H2,(H,22,23). The number of halogens is 3. The van der Waals surface area contributed by atoms with Crippen LogP contribution in [0.3, 0.4) is 0 Å². The number of H-pyrrole nitrogens is 1. The Kier molecular flexibility index (Phi) is 5.23. The molecular weight excluding hydrogens is 315 g/mol. The van der Waals surface area contributed by atoms with Crippen LogP contribution in [-0.2, 0) is 19.1 Å². The molecule has 2 aromatic rings. The van der Waals surface area contributed by atoms with Gasteiger partial charge in [0.1, 0.15) is 5.82 Å². The Morgan fingerprint density at radius 1 is 1.25 bits per heavy atom. The van der Waals surface area contributed by atoms with Crippen LogP contribution in [0.15, 0.2) is 36.7 Å². The second kappa shape index (κ2) is 7.38. The van der Waals surface area contributed by atoms with Gasteiger partial charge in [0.05, 0.1) is 12.1 Å². The van der Waals surface area contributed by atoms with Gasteiger partial charge >= 0.3 is 6.18 Å². The van der Waals surface area contributed by atoms with Gasteiger partial charge in [-0.05, 0) is 49.8 Å². The zero-order chi connectivity index (χ0) is 17.0. The zero-order valence-corrected chi connectivity index (χ0v) is 13.5. The van der Waals surface area contributed by atoms with Gasteiger partial charge in [-0.25, -0.2) is 4.98 Å². The molecule has 1 fully saturated rings. The molecule has 0 amide bonds. The topological polar surface area (TPSA) is 31.9 Å². The summed E-state index contributed by atoms with van der Waals surface area (Å²) in [5.74, 6) is 1.38. The Morgan fingerprint density at radius 3 is 2.83 bits per heavy atom. The van der Waals surface area contributed by atoms with E-state index in [4.69, 9.17) is 0 Å². The van der Waals surface area contributed by atoms with E-state index in [0.29, 0.717) is 17.9 Å². The van der Waals surface area contributed by atoms with Gasteiger partial charge in [0.15, 0.2) is 0 Å². The summed E-state index contributed by atoms with van der Waals surface area (Å²) >= 11 is 0. The van der Waals surface area contributed by atoms with Crippen LogP contribution in [0.2, 0.25) is 0 Å². The van der Waals surface area contributed by atoms with Gasteiger partial charge in [0, 0.05) is 18.9 Å². The molecule has 1 atom stereocenters. The number of aromatic nitrogens is 2. The number of alkyl halides is 3. The minimum absolute atomic E-state index is 0.410. The van der Waals surface area contributed by atoms with Crippen LogP contribution in [0.5, 0.6) is 0 Å². The first-order valence-corrected chi connectivity index (χ1v) is 8.38. The van der Waals surface area contributed by atoms with Crippen molar-refractivity contribution >= 4 is 0 Å². The fraction of sp³-hybridized carbons (Fsp3) is 0.500. The third-order valence-electron chi connectivity index (χ3n) is 4.68. The first kappa shape index (κ1) is 17.0. The van der Waals surface area contributed by atoms with Gasteiger partial charge in [-0.3, -0.25) is 4.90 Å². The van der Waals surface area contributed by atoms with Gasteiger partial charge in [-0.1, -0.05) is 18.2 Å². The SMILES string of the molecule is FC(F)(F)c1ccccc1CCC1CCCN(Cc2ncc[nH]2)C1. The maximum atomic E-state index is 13.1. The number of likely N-dealkylation sites (tertiary alicyclic amines) is 1. The minimum Gasteiger partial charge on any atom is -0.348 e. The van der Waals surface area contributed by atoms with E-state index in [0.717, 1.165) is 44.7 Å². The molecule has 1 unspecified atom stereocenters. The molecule has 2 heterocycles. The lowest BCUT2D eigenvalue weighted by atomic mass is 9.90. The van der Waals surface area contributed by atoms with E-state index >= 15 is 0 Å². The highest BCUT2D eigenvalue weighted by molar-refractivity contribution is 5.29. The number of nitrogens with one attached hydrogen (secondary N) is 1. The van der Waals surface area contributed by atoms with Crippen molar-refractivity contribution in [3.05, 3.63) is 53.6 Å². The molecule has 0 spiro atoms. The lowest BCUT2D eigenvalue weighted by molar-refractivity contribution is -0.138. The maximum Gasteiger partial charge on any atom is 0.416 e. The number of imidazole rings is 1. The van der Waals surface area contributed by atoms with Crippen molar-refractivity contribution in [3.8, 4) is 0 Å². The quantitative estimate of drug-likeness (QED) is 0.883. The van der Waals surface area contributed by atoms with E-state index in [1.165, 1.54) is 12.1 Å². The maximum absolute atomic E-state index is 13.1. The summed E-state index contributed by atoms with van der Waals surface area (Å²) in [7, 11) is 0. The number of hydrogen-bond donors (Lipinski definition) is 1. The van der Waals surface area contributed by atoms with E-state index in [1.807, 2.05) is 6.20 Å². The Balaban J connectivity index is 1.57. The number of nitrogens with zero attached hydrogens (tertiary/aromatic N) is 2. The summed E-state index contributed by atoms with van der Waals surface area (Å²) in [6, 6.07) is 5.93. The first-order chi connectivity index (χ1) is 11.5. The molecule has 0 bridgehead atoms. The lowest BCUT2D eigenvalue weighted by Gasteiger charge is -2.32. The van der Waals surface area contributed by atoms with Gasteiger partial charge in [-0.2, -0.15) is 13.2 Å². The highest BCUT2D eigenvalue weighted by atomic mass is 19.4. The number of rotatable bonds is 5. The van der Waals surface area contributed by atoms with Gasteiger partial charge in [-0.15, -0.1) is 0 Å². The minimum atomic E-state index is -4.27. The van der Waals surface area contributed by atoms with Crippen LogP contribution in [-0.4, -0.2) is 28.0 Å². The van der Waals surface area contributed by atoms with Gasteiger partial charge < -0.3 is 4.98 Å². The van der Waals surface area contributed by atoms with Crippen molar-refractivity contribution in [2.45, 2.75) is 38.4 Å². The first-order valence-electron chi connectivity index (χ1n) is 8.38. The molecule has 1 aliphatic rings. The van der Waals surface area contributed by atoms with Gasteiger partial charge in [0.25, 0.3) is 0 Å². The molecule has 130 valence electrons. The Hall–Kier alpha value is -1.82. The third-order valence-corrected chi connectivity index (χ3v) is 4.68. The van der Waals surface area contributed by atoms with E-state index in [9.17, 15) is 13.2 Å².